The molecular weight excluding hydrogens is 384 g/mol. The SMILES string of the molecule is C=CCCn1c(Br)cnc1-c1ncc(Br)n1CCC=C. The van der Waals surface area contributed by atoms with Crippen LogP contribution in [0.4, 0.5) is 0 Å². The normalized spacial score (nSPS) is 10.7. The van der Waals surface area contributed by atoms with Crippen molar-refractivity contribution < 1.29 is 0 Å². The Morgan fingerprint density at radius 2 is 1.30 bits per heavy atom. The zero-order chi connectivity index (χ0) is 14.5. The fourth-order valence-corrected chi connectivity index (χ4v) is 2.83. The van der Waals surface area contributed by atoms with E-state index in [1.165, 1.54) is 0 Å². The highest BCUT2D eigenvalue weighted by molar-refractivity contribution is 9.10. The predicted molar refractivity (Wildman–Crippen MR) is 88.5 cm³/mol. The van der Waals surface area contributed by atoms with E-state index < -0.39 is 0 Å². The quantitative estimate of drug-likeness (QED) is 0.645. The molecular formula is C14H16Br2N4. The molecule has 0 fully saturated rings. The maximum absolute atomic E-state index is 4.47. The lowest BCUT2D eigenvalue weighted by Crippen LogP contribution is -2.07. The van der Waals surface area contributed by atoms with Crippen molar-refractivity contribution >= 4 is 31.9 Å². The minimum atomic E-state index is 0.825. The Morgan fingerprint density at radius 3 is 1.65 bits per heavy atom. The molecule has 106 valence electrons. The minimum Gasteiger partial charge on any atom is -0.316 e. The third-order valence-electron chi connectivity index (χ3n) is 2.93. The van der Waals surface area contributed by atoms with Crippen LogP contribution in [0.1, 0.15) is 12.8 Å². The Balaban J connectivity index is 2.40. The van der Waals surface area contributed by atoms with Crippen LogP contribution in [0.5, 0.6) is 0 Å². The Kier molecular flexibility index (Phi) is 5.37. The molecule has 0 amide bonds. The van der Waals surface area contributed by atoms with E-state index in [-0.39, 0.29) is 0 Å². The molecule has 0 aliphatic rings. The average molecular weight is 400 g/mol. The zero-order valence-corrected chi connectivity index (χ0v) is 14.3. The van der Waals surface area contributed by atoms with Crippen LogP contribution >= 0.6 is 31.9 Å². The van der Waals surface area contributed by atoms with E-state index in [1.54, 1.807) is 12.4 Å². The standard InChI is InChI=1S/C14H16Br2N4/c1-3-5-7-19-11(15)9-17-13(19)14-18-10-12(16)20(14)8-6-4-2/h3-4,9-10H,1-2,5-8H2. The zero-order valence-electron chi connectivity index (χ0n) is 11.1. The number of nitrogens with zero attached hydrogens (tertiary/aromatic N) is 4. The van der Waals surface area contributed by atoms with Crippen LogP contribution in [-0.4, -0.2) is 19.1 Å². The molecule has 2 aromatic rings. The summed E-state index contributed by atoms with van der Waals surface area (Å²) in [6.07, 6.45) is 9.18. The summed E-state index contributed by atoms with van der Waals surface area (Å²) in [6.45, 7) is 9.18. The van der Waals surface area contributed by atoms with Crippen molar-refractivity contribution in [2.75, 3.05) is 0 Å². The number of hydrogen-bond acceptors (Lipinski definition) is 2. The lowest BCUT2D eigenvalue weighted by Gasteiger charge is -2.10. The second-order valence-electron chi connectivity index (χ2n) is 4.27. The van der Waals surface area contributed by atoms with E-state index in [2.05, 4.69) is 64.1 Å². The molecule has 0 N–H and O–H groups in total. The van der Waals surface area contributed by atoms with Gasteiger partial charge in [-0.15, -0.1) is 13.2 Å². The fourth-order valence-electron chi connectivity index (χ4n) is 1.93. The Labute approximate surface area is 135 Å². The van der Waals surface area contributed by atoms with Crippen molar-refractivity contribution in [3.05, 3.63) is 46.9 Å². The van der Waals surface area contributed by atoms with E-state index in [0.717, 1.165) is 46.8 Å². The third kappa shape index (κ3) is 3.12. The maximum Gasteiger partial charge on any atom is 0.177 e. The predicted octanol–water partition coefficient (Wildman–Crippen LogP) is 4.42. The summed E-state index contributed by atoms with van der Waals surface area (Å²) in [5, 5.41) is 0. The molecule has 2 rings (SSSR count). The van der Waals surface area contributed by atoms with Crippen LogP contribution in [-0.2, 0) is 13.1 Å². The van der Waals surface area contributed by atoms with Gasteiger partial charge in [-0.05, 0) is 44.7 Å². The molecule has 2 heterocycles. The minimum absolute atomic E-state index is 0.825. The van der Waals surface area contributed by atoms with Gasteiger partial charge >= 0.3 is 0 Å². The van der Waals surface area contributed by atoms with Gasteiger partial charge in [0.25, 0.3) is 0 Å². The number of imidazole rings is 2. The summed E-state index contributed by atoms with van der Waals surface area (Å²) in [5.41, 5.74) is 0. The summed E-state index contributed by atoms with van der Waals surface area (Å²) < 4.78 is 6.09. The van der Waals surface area contributed by atoms with E-state index >= 15 is 0 Å². The van der Waals surface area contributed by atoms with Crippen molar-refractivity contribution in [3.63, 3.8) is 0 Å². The molecule has 0 bridgehead atoms. The van der Waals surface area contributed by atoms with Crippen molar-refractivity contribution in [3.8, 4) is 11.6 Å². The van der Waals surface area contributed by atoms with Gasteiger partial charge in [0.2, 0.25) is 0 Å². The van der Waals surface area contributed by atoms with E-state index in [1.807, 2.05) is 12.2 Å². The number of allylic oxidation sites excluding steroid dienone is 2. The molecule has 2 aromatic heterocycles. The van der Waals surface area contributed by atoms with Crippen molar-refractivity contribution in [1.29, 1.82) is 0 Å². The van der Waals surface area contributed by atoms with Gasteiger partial charge in [0.05, 0.1) is 12.4 Å². The fraction of sp³-hybridized carbons (Fsp3) is 0.286. The van der Waals surface area contributed by atoms with Gasteiger partial charge in [0, 0.05) is 13.1 Å². The number of hydrogen-bond donors (Lipinski definition) is 0. The van der Waals surface area contributed by atoms with Gasteiger partial charge in [-0.3, -0.25) is 0 Å². The van der Waals surface area contributed by atoms with Gasteiger partial charge in [0.1, 0.15) is 9.21 Å². The third-order valence-corrected chi connectivity index (χ3v) is 4.19. The van der Waals surface area contributed by atoms with Gasteiger partial charge in [-0.25, -0.2) is 9.97 Å². The largest absolute Gasteiger partial charge is 0.316 e. The molecule has 0 unspecified atom stereocenters. The van der Waals surface area contributed by atoms with Crippen molar-refractivity contribution in [1.82, 2.24) is 19.1 Å². The average Bonchev–Trinajstić information content (AvgIpc) is 2.97. The molecule has 20 heavy (non-hydrogen) atoms. The molecule has 0 atom stereocenters. The van der Waals surface area contributed by atoms with Gasteiger partial charge in [-0.2, -0.15) is 0 Å². The van der Waals surface area contributed by atoms with Crippen LogP contribution in [0.3, 0.4) is 0 Å². The molecule has 0 saturated heterocycles. The van der Waals surface area contributed by atoms with E-state index in [0.29, 0.717) is 0 Å². The van der Waals surface area contributed by atoms with Crippen LogP contribution in [0.2, 0.25) is 0 Å². The van der Waals surface area contributed by atoms with Crippen LogP contribution in [0, 0.1) is 0 Å². The Hall–Kier alpha value is -1.14. The molecule has 0 saturated carbocycles. The first-order chi connectivity index (χ1) is 9.69. The summed E-state index contributed by atoms with van der Waals surface area (Å²) >= 11 is 7.06. The Morgan fingerprint density at radius 1 is 0.900 bits per heavy atom. The topological polar surface area (TPSA) is 35.6 Å². The van der Waals surface area contributed by atoms with Crippen molar-refractivity contribution in [2.24, 2.45) is 0 Å². The first kappa shape index (κ1) is 15.3. The molecule has 0 aliphatic carbocycles. The highest BCUT2D eigenvalue weighted by Crippen LogP contribution is 2.25. The number of aromatic nitrogens is 4. The maximum atomic E-state index is 4.47. The molecule has 0 aliphatic heterocycles. The molecule has 6 heteroatoms. The first-order valence-electron chi connectivity index (χ1n) is 6.33. The van der Waals surface area contributed by atoms with Crippen molar-refractivity contribution in [2.45, 2.75) is 25.9 Å². The number of halogens is 2. The molecule has 0 radical (unpaired) electrons. The van der Waals surface area contributed by atoms with E-state index in [4.69, 9.17) is 0 Å². The lowest BCUT2D eigenvalue weighted by atomic mass is 10.4. The van der Waals surface area contributed by atoms with Crippen LogP contribution in [0.25, 0.3) is 11.6 Å². The van der Waals surface area contributed by atoms with E-state index in [9.17, 15) is 0 Å². The highest BCUT2D eigenvalue weighted by Gasteiger charge is 2.16. The van der Waals surface area contributed by atoms with Crippen LogP contribution in [0.15, 0.2) is 46.9 Å². The monoisotopic (exact) mass is 398 g/mol. The Bertz CT molecular complexity index is 558. The molecule has 4 nitrogen and oxygen atoms in total. The second kappa shape index (κ2) is 7.04. The van der Waals surface area contributed by atoms with Crippen LogP contribution < -0.4 is 0 Å². The lowest BCUT2D eigenvalue weighted by molar-refractivity contribution is 0.669. The highest BCUT2D eigenvalue weighted by atomic mass is 79.9. The second-order valence-corrected chi connectivity index (χ2v) is 5.89. The first-order valence-corrected chi connectivity index (χ1v) is 7.91. The van der Waals surface area contributed by atoms with Gasteiger partial charge in [-0.1, -0.05) is 12.2 Å². The molecule has 0 aromatic carbocycles. The summed E-state index contributed by atoms with van der Waals surface area (Å²) in [5.74, 6) is 1.71. The number of rotatable bonds is 7. The van der Waals surface area contributed by atoms with Gasteiger partial charge < -0.3 is 9.13 Å². The summed E-state index contributed by atoms with van der Waals surface area (Å²) in [6, 6.07) is 0. The summed E-state index contributed by atoms with van der Waals surface area (Å²) in [7, 11) is 0. The molecule has 0 spiro atoms. The smallest absolute Gasteiger partial charge is 0.177 e. The van der Waals surface area contributed by atoms with Gasteiger partial charge in [0.15, 0.2) is 11.6 Å². The summed E-state index contributed by atoms with van der Waals surface area (Å²) in [4.78, 5) is 8.95.